The highest BCUT2D eigenvalue weighted by Gasteiger charge is 2.23. The minimum Gasteiger partial charge on any atom is -0.368 e. The fourth-order valence-corrected chi connectivity index (χ4v) is 3.25. The molecule has 1 fully saturated rings. The van der Waals surface area contributed by atoms with Gasteiger partial charge in [0.25, 0.3) is 0 Å². The highest BCUT2D eigenvalue weighted by Crippen LogP contribution is 2.30. The maximum absolute atomic E-state index is 5.90. The maximum atomic E-state index is 5.90. The number of nitrogens with one attached hydrogen (secondary N) is 1. The number of benzene rings is 1. The van der Waals surface area contributed by atoms with E-state index in [2.05, 4.69) is 27.6 Å². The van der Waals surface area contributed by atoms with E-state index in [0.29, 0.717) is 11.8 Å². The normalized spacial score (nSPS) is 22.9. The maximum Gasteiger partial charge on any atom is 0.156 e. The standard InChI is InChI=1S/C16H22N4/c17-9-12-5-1-2-6-13(12)10-18-16-15-8-4-3-7-14(15)11-19-20-16/h3-4,7-8,11-13H,1-2,5-6,9-10,17H2,(H,18,20). The molecule has 2 aromatic rings. The van der Waals surface area contributed by atoms with E-state index in [9.17, 15) is 0 Å². The quantitative estimate of drug-likeness (QED) is 0.896. The average molecular weight is 270 g/mol. The lowest BCUT2D eigenvalue weighted by atomic mass is 9.79. The Kier molecular flexibility index (Phi) is 4.11. The number of hydrogen-bond donors (Lipinski definition) is 2. The zero-order chi connectivity index (χ0) is 13.8. The number of rotatable bonds is 4. The predicted octanol–water partition coefficient (Wildman–Crippen LogP) is 2.81. The Balaban J connectivity index is 1.73. The molecular weight excluding hydrogens is 248 g/mol. The van der Waals surface area contributed by atoms with E-state index in [4.69, 9.17) is 5.73 Å². The molecule has 0 spiro atoms. The Bertz CT molecular complexity index is 564. The fourth-order valence-electron chi connectivity index (χ4n) is 3.25. The summed E-state index contributed by atoms with van der Waals surface area (Å²) in [4.78, 5) is 0. The van der Waals surface area contributed by atoms with Crippen molar-refractivity contribution in [2.75, 3.05) is 18.4 Å². The van der Waals surface area contributed by atoms with Gasteiger partial charge in [-0.1, -0.05) is 37.1 Å². The third-order valence-electron chi connectivity index (χ3n) is 4.47. The molecule has 1 heterocycles. The first-order valence-corrected chi connectivity index (χ1v) is 7.53. The summed E-state index contributed by atoms with van der Waals surface area (Å²) >= 11 is 0. The molecule has 2 atom stereocenters. The van der Waals surface area contributed by atoms with Gasteiger partial charge in [0, 0.05) is 17.3 Å². The van der Waals surface area contributed by atoms with Crippen LogP contribution in [0.3, 0.4) is 0 Å². The summed E-state index contributed by atoms with van der Waals surface area (Å²) < 4.78 is 0. The summed E-state index contributed by atoms with van der Waals surface area (Å²) in [5, 5.41) is 14.1. The van der Waals surface area contributed by atoms with Gasteiger partial charge in [-0.3, -0.25) is 0 Å². The minimum atomic E-state index is 0.652. The first-order valence-electron chi connectivity index (χ1n) is 7.53. The van der Waals surface area contributed by atoms with Crippen molar-refractivity contribution < 1.29 is 0 Å². The highest BCUT2D eigenvalue weighted by molar-refractivity contribution is 5.90. The molecule has 106 valence electrons. The second-order valence-electron chi connectivity index (χ2n) is 5.70. The van der Waals surface area contributed by atoms with Crippen LogP contribution in [0.25, 0.3) is 10.8 Å². The van der Waals surface area contributed by atoms with Crippen LogP contribution in [0, 0.1) is 11.8 Å². The highest BCUT2D eigenvalue weighted by atomic mass is 15.2. The van der Waals surface area contributed by atoms with E-state index in [-0.39, 0.29) is 0 Å². The average Bonchev–Trinajstić information content (AvgIpc) is 2.53. The fraction of sp³-hybridized carbons (Fsp3) is 0.500. The number of fused-ring (bicyclic) bond motifs is 1. The van der Waals surface area contributed by atoms with Gasteiger partial charge in [0.1, 0.15) is 0 Å². The van der Waals surface area contributed by atoms with Gasteiger partial charge in [0.15, 0.2) is 5.82 Å². The first kappa shape index (κ1) is 13.3. The van der Waals surface area contributed by atoms with Crippen LogP contribution in [0.1, 0.15) is 25.7 Å². The Labute approximate surface area is 119 Å². The summed E-state index contributed by atoms with van der Waals surface area (Å²) in [6.45, 7) is 1.75. The van der Waals surface area contributed by atoms with Crippen molar-refractivity contribution in [1.82, 2.24) is 10.2 Å². The van der Waals surface area contributed by atoms with Crippen LogP contribution in [0.2, 0.25) is 0 Å². The monoisotopic (exact) mass is 270 g/mol. The largest absolute Gasteiger partial charge is 0.368 e. The van der Waals surface area contributed by atoms with Crippen molar-refractivity contribution in [3.05, 3.63) is 30.5 Å². The Morgan fingerprint density at radius 3 is 2.80 bits per heavy atom. The minimum absolute atomic E-state index is 0.652. The Morgan fingerprint density at radius 1 is 1.15 bits per heavy atom. The molecule has 0 amide bonds. The molecule has 1 saturated carbocycles. The van der Waals surface area contributed by atoms with Crippen LogP contribution in [0.4, 0.5) is 5.82 Å². The molecule has 1 aliphatic carbocycles. The third kappa shape index (κ3) is 2.75. The molecule has 4 nitrogen and oxygen atoms in total. The molecule has 2 unspecified atom stereocenters. The summed E-state index contributed by atoms with van der Waals surface area (Å²) in [7, 11) is 0. The summed E-state index contributed by atoms with van der Waals surface area (Å²) in [5.41, 5.74) is 5.90. The van der Waals surface area contributed by atoms with Crippen molar-refractivity contribution >= 4 is 16.6 Å². The van der Waals surface area contributed by atoms with Gasteiger partial charge < -0.3 is 11.1 Å². The molecular formula is C16H22N4. The van der Waals surface area contributed by atoms with Crippen molar-refractivity contribution in [1.29, 1.82) is 0 Å². The number of aromatic nitrogens is 2. The van der Waals surface area contributed by atoms with Gasteiger partial charge >= 0.3 is 0 Å². The van der Waals surface area contributed by atoms with Crippen molar-refractivity contribution in [3.8, 4) is 0 Å². The molecule has 3 N–H and O–H groups in total. The van der Waals surface area contributed by atoms with Gasteiger partial charge in [-0.05, 0) is 31.2 Å². The lowest BCUT2D eigenvalue weighted by molar-refractivity contribution is 0.255. The Morgan fingerprint density at radius 2 is 1.95 bits per heavy atom. The molecule has 1 aliphatic rings. The van der Waals surface area contributed by atoms with E-state index >= 15 is 0 Å². The van der Waals surface area contributed by atoms with Crippen LogP contribution in [0.15, 0.2) is 30.5 Å². The van der Waals surface area contributed by atoms with Gasteiger partial charge in [-0.25, -0.2) is 0 Å². The summed E-state index contributed by atoms with van der Waals surface area (Å²) in [6.07, 6.45) is 7.00. The number of anilines is 1. The zero-order valence-electron chi connectivity index (χ0n) is 11.8. The first-order chi connectivity index (χ1) is 9.88. The van der Waals surface area contributed by atoms with Gasteiger partial charge in [-0.15, -0.1) is 5.10 Å². The molecule has 4 heteroatoms. The number of nitrogens with zero attached hydrogens (tertiary/aromatic N) is 2. The predicted molar refractivity (Wildman–Crippen MR) is 82.5 cm³/mol. The Hall–Kier alpha value is -1.68. The number of nitrogens with two attached hydrogens (primary N) is 1. The molecule has 0 aliphatic heterocycles. The molecule has 0 radical (unpaired) electrons. The molecule has 1 aromatic heterocycles. The zero-order valence-corrected chi connectivity index (χ0v) is 11.8. The van der Waals surface area contributed by atoms with E-state index in [1.54, 1.807) is 0 Å². The van der Waals surface area contributed by atoms with Crippen LogP contribution in [-0.2, 0) is 0 Å². The molecule has 0 bridgehead atoms. The van der Waals surface area contributed by atoms with E-state index in [1.807, 2.05) is 18.3 Å². The molecule has 3 rings (SSSR count). The van der Waals surface area contributed by atoms with Crippen molar-refractivity contribution in [2.24, 2.45) is 17.6 Å². The second-order valence-corrected chi connectivity index (χ2v) is 5.70. The van der Waals surface area contributed by atoms with E-state index in [1.165, 1.54) is 25.7 Å². The lowest BCUT2D eigenvalue weighted by Gasteiger charge is -2.30. The van der Waals surface area contributed by atoms with Gasteiger partial charge in [-0.2, -0.15) is 5.10 Å². The molecule has 1 aromatic carbocycles. The molecule has 0 saturated heterocycles. The summed E-state index contributed by atoms with van der Waals surface area (Å²) in [5.74, 6) is 2.21. The number of hydrogen-bond acceptors (Lipinski definition) is 4. The SMILES string of the molecule is NCC1CCCCC1CNc1nncc2ccccc12. The topological polar surface area (TPSA) is 63.8 Å². The lowest BCUT2D eigenvalue weighted by Crippen LogP contribution is -2.31. The van der Waals surface area contributed by atoms with E-state index in [0.717, 1.165) is 29.7 Å². The van der Waals surface area contributed by atoms with Crippen LogP contribution in [0.5, 0.6) is 0 Å². The van der Waals surface area contributed by atoms with Crippen molar-refractivity contribution in [2.45, 2.75) is 25.7 Å². The van der Waals surface area contributed by atoms with E-state index < -0.39 is 0 Å². The van der Waals surface area contributed by atoms with Crippen molar-refractivity contribution in [3.63, 3.8) is 0 Å². The van der Waals surface area contributed by atoms with Crippen LogP contribution >= 0.6 is 0 Å². The van der Waals surface area contributed by atoms with Crippen LogP contribution < -0.4 is 11.1 Å². The van der Waals surface area contributed by atoms with Crippen LogP contribution in [-0.4, -0.2) is 23.3 Å². The summed E-state index contributed by atoms with van der Waals surface area (Å²) in [6, 6.07) is 8.23. The smallest absolute Gasteiger partial charge is 0.156 e. The van der Waals surface area contributed by atoms with Gasteiger partial charge in [0.2, 0.25) is 0 Å². The molecule has 20 heavy (non-hydrogen) atoms. The van der Waals surface area contributed by atoms with Gasteiger partial charge in [0.05, 0.1) is 6.20 Å². The second kappa shape index (κ2) is 6.18. The third-order valence-corrected chi connectivity index (χ3v) is 4.47.